The monoisotopic (exact) mass is 253 g/mol. The van der Waals surface area contributed by atoms with Crippen LogP contribution in [0.5, 0.6) is 0 Å². The van der Waals surface area contributed by atoms with Gasteiger partial charge in [-0.15, -0.1) is 0 Å². The minimum absolute atomic E-state index is 0.376. The second-order valence-corrected chi connectivity index (χ2v) is 5.12. The van der Waals surface area contributed by atoms with Gasteiger partial charge < -0.3 is 0 Å². The molecule has 0 bridgehead atoms. The van der Waals surface area contributed by atoms with Gasteiger partial charge in [-0.2, -0.15) is 10.5 Å². The van der Waals surface area contributed by atoms with Crippen molar-refractivity contribution in [3.8, 4) is 12.1 Å². The summed E-state index contributed by atoms with van der Waals surface area (Å²) < 4.78 is 0. The molecule has 3 nitrogen and oxygen atoms in total. The summed E-state index contributed by atoms with van der Waals surface area (Å²) in [5, 5.41) is 21.9. The fraction of sp³-hybridized carbons (Fsp3) is 0.500. The molecule has 2 rings (SSSR count). The Kier molecular flexibility index (Phi) is 4.95. The van der Waals surface area contributed by atoms with E-state index in [0.717, 1.165) is 18.4 Å². The Morgan fingerprint density at radius 3 is 2.37 bits per heavy atom. The Morgan fingerprint density at radius 1 is 1.05 bits per heavy atom. The zero-order valence-corrected chi connectivity index (χ0v) is 11.1. The molecule has 1 aliphatic rings. The maximum absolute atomic E-state index is 9.38. The summed E-state index contributed by atoms with van der Waals surface area (Å²) in [4.78, 5) is 0. The lowest BCUT2D eigenvalue weighted by Crippen LogP contribution is -2.32. The van der Waals surface area contributed by atoms with Crippen LogP contribution in [0.25, 0.3) is 0 Å². The first kappa shape index (κ1) is 13.6. The highest BCUT2D eigenvalue weighted by atomic mass is 14.9. The Bertz CT molecular complexity index is 487. The van der Waals surface area contributed by atoms with E-state index in [1.54, 1.807) is 6.07 Å². The van der Waals surface area contributed by atoms with Crippen molar-refractivity contribution in [1.29, 1.82) is 10.5 Å². The third-order valence-corrected chi connectivity index (χ3v) is 3.78. The van der Waals surface area contributed by atoms with Crippen LogP contribution in [0.4, 0.5) is 0 Å². The summed E-state index contributed by atoms with van der Waals surface area (Å²) in [6, 6.07) is 11.9. The number of nitriles is 2. The van der Waals surface area contributed by atoms with Crippen molar-refractivity contribution in [2.75, 3.05) is 0 Å². The molecule has 0 amide bonds. The average Bonchev–Trinajstić information content (AvgIpc) is 2.73. The highest BCUT2D eigenvalue weighted by Gasteiger charge is 2.19. The second-order valence-electron chi connectivity index (χ2n) is 5.12. The Labute approximate surface area is 114 Å². The predicted molar refractivity (Wildman–Crippen MR) is 74.1 cm³/mol. The highest BCUT2D eigenvalue weighted by Crippen LogP contribution is 2.22. The Balaban J connectivity index is 2.12. The number of rotatable bonds is 3. The van der Waals surface area contributed by atoms with Gasteiger partial charge in [0.1, 0.15) is 6.04 Å². The third kappa shape index (κ3) is 3.56. The quantitative estimate of drug-likeness (QED) is 0.839. The molecule has 0 aliphatic heterocycles. The fourth-order valence-electron chi connectivity index (χ4n) is 2.73. The minimum atomic E-state index is -0.376. The van der Waals surface area contributed by atoms with Gasteiger partial charge in [0.2, 0.25) is 0 Å². The van der Waals surface area contributed by atoms with Crippen LogP contribution in [0.1, 0.15) is 55.7 Å². The molecule has 1 unspecified atom stereocenters. The smallest absolute Gasteiger partial charge is 0.122 e. The molecule has 0 aromatic heterocycles. The number of hydrogen-bond acceptors (Lipinski definition) is 3. The molecule has 1 aromatic carbocycles. The first-order chi connectivity index (χ1) is 9.35. The summed E-state index contributed by atoms with van der Waals surface area (Å²) in [5.74, 6) is 0. The van der Waals surface area contributed by atoms with E-state index >= 15 is 0 Å². The lowest BCUT2D eigenvalue weighted by Gasteiger charge is -2.21. The van der Waals surface area contributed by atoms with Gasteiger partial charge in [0.25, 0.3) is 0 Å². The average molecular weight is 253 g/mol. The molecule has 0 spiro atoms. The molecule has 98 valence electrons. The fourth-order valence-corrected chi connectivity index (χ4v) is 2.73. The van der Waals surface area contributed by atoms with Crippen LogP contribution in [0, 0.1) is 22.7 Å². The van der Waals surface area contributed by atoms with Crippen LogP contribution in [-0.4, -0.2) is 6.04 Å². The molecule has 1 N–H and O–H groups in total. The zero-order chi connectivity index (χ0) is 13.5. The minimum Gasteiger partial charge on any atom is -0.295 e. The molecule has 0 radical (unpaired) electrons. The van der Waals surface area contributed by atoms with E-state index in [9.17, 15) is 5.26 Å². The van der Waals surface area contributed by atoms with E-state index in [2.05, 4.69) is 17.5 Å². The van der Waals surface area contributed by atoms with E-state index in [-0.39, 0.29) is 6.04 Å². The van der Waals surface area contributed by atoms with Crippen molar-refractivity contribution in [2.45, 2.75) is 50.6 Å². The van der Waals surface area contributed by atoms with Gasteiger partial charge in [-0.25, -0.2) is 0 Å². The van der Waals surface area contributed by atoms with E-state index in [1.807, 2.05) is 18.2 Å². The van der Waals surface area contributed by atoms with Gasteiger partial charge >= 0.3 is 0 Å². The largest absolute Gasteiger partial charge is 0.295 e. The van der Waals surface area contributed by atoms with Gasteiger partial charge in [0, 0.05) is 11.6 Å². The molecule has 3 heteroatoms. The van der Waals surface area contributed by atoms with Crippen LogP contribution < -0.4 is 5.32 Å². The summed E-state index contributed by atoms with van der Waals surface area (Å²) in [5.41, 5.74) is 1.40. The molecule has 1 aromatic rings. The van der Waals surface area contributed by atoms with Crippen molar-refractivity contribution < 1.29 is 0 Å². The molecule has 1 fully saturated rings. The van der Waals surface area contributed by atoms with Crippen molar-refractivity contribution in [3.63, 3.8) is 0 Å². The predicted octanol–water partition coefficient (Wildman–Crippen LogP) is 3.44. The van der Waals surface area contributed by atoms with Gasteiger partial charge in [-0.1, -0.05) is 43.9 Å². The first-order valence-electron chi connectivity index (χ1n) is 7.00. The van der Waals surface area contributed by atoms with Crippen molar-refractivity contribution in [2.24, 2.45) is 0 Å². The lowest BCUT2D eigenvalue weighted by molar-refractivity contribution is 0.436. The standard InChI is InChI=1S/C16H19N3/c17-11-13-7-5-6-10-15(13)16(12-18)19-14-8-3-1-2-4-9-14/h5-7,10,14,16,19H,1-4,8-9H2. The van der Waals surface area contributed by atoms with E-state index < -0.39 is 0 Å². The summed E-state index contributed by atoms with van der Waals surface area (Å²) >= 11 is 0. The summed E-state index contributed by atoms with van der Waals surface area (Å²) in [6.07, 6.45) is 7.32. The van der Waals surface area contributed by atoms with Crippen molar-refractivity contribution in [1.82, 2.24) is 5.32 Å². The number of benzene rings is 1. The van der Waals surface area contributed by atoms with Gasteiger partial charge in [0.05, 0.1) is 17.7 Å². The van der Waals surface area contributed by atoms with Gasteiger partial charge in [-0.05, 0) is 18.9 Å². The zero-order valence-electron chi connectivity index (χ0n) is 11.1. The third-order valence-electron chi connectivity index (χ3n) is 3.78. The lowest BCUT2D eigenvalue weighted by atomic mass is 9.99. The topological polar surface area (TPSA) is 59.6 Å². The molecule has 0 heterocycles. The molecule has 19 heavy (non-hydrogen) atoms. The highest BCUT2D eigenvalue weighted by molar-refractivity contribution is 5.41. The second kappa shape index (κ2) is 6.92. The summed E-state index contributed by atoms with van der Waals surface area (Å²) in [6.45, 7) is 0. The molecular weight excluding hydrogens is 234 g/mol. The molecule has 0 saturated heterocycles. The molecule has 1 aliphatic carbocycles. The van der Waals surface area contributed by atoms with Crippen LogP contribution in [-0.2, 0) is 0 Å². The van der Waals surface area contributed by atoms with E-state index in [4.69, 9.17) is 5.26 Å². The maximum Gasteiger partial charge on any atom is 0.122 e. The van der Waals surface area contributed by atoms with E-state index in [1.165, 1.54) is 25.7 Å². The van der Waals surface area contributed by atoms with Crippen LogP contribution in [0.15, 0.2) is 24.3 Å². The number of nitrogens with one attached hydrogen (secondary N) is 1. The van der Waals surface area contributed by atoms with Crippen LogP contribution >= 0.6 is 0 Å². The molecular formula is C16H19N3. The normalized spacial score (nSPS) is 18.0. The molecule has 1 saturated carbocycles. The molecule has 1 atom stereocenters. The Morgan fingerprint density at radius 2 is 1.74 bits per heavy atom. The van der Waals surface area contributed by atoms with E-state index in [0.29, 0.717) is 11.6 Å². The van der Waals surface area contributed by atoms with Crippen LogP contribution in [0.2, 0.25) is 0 Å². The van der Waals surface area contributed by atoms with Gasteiger partial charge in [-0.3, -0.25) is 5.32 Å². The summed E-state index contributed by atoms with van der Waals surface area (Å²) in [7, 11) is 0. The van der Waals surface area contributed by atoms with Crippen LogP contribution in [0.3, 0.4) is 0 Å². The number of nitrogens with zero attached hydrogens (tertiary/aromatic N) is 2. The number of hydrogen-bond donors (Lipinski definition) is 1. The van der Waals surface area contributed by atoms with Crippen molar-refractivity contribution in [3.05, 3.63) is 35.4 Å². The van der Waals surface area contributed by atoms with Gasteiger partial charge in [0.15, 0.2) is 0 Å². The SMILES string of the molecule is N#Cc1ccccc1C(C#N)NC1CCCCCC1. The first-order valence-corrected chi connectivity index (χ1v) is 7.00. The Hall–Kier alpha value is -1.84. The maximum atomic E-state index is 9.38. The van der Waals surface area contributed by atoms with Crippen molar-refractivity contribution >= 4 is 0 Å².